The van der Waals surface area contributed by atoms with Gasteiger partial charge in [0.15, 0.2) is 5.82 Å². The zero-order valence-electron chi connectivity index (χ0n) is 20.9. The fourth-order valence-corrected chi connectivity index (χ4v) is 4.36. The summed E-state index contributed by atoms with van der Waals surface area (Å²) in [6.07, 6.45) is 2.47. The highest BCUT2D eigenvalue weighted by Gasteiger charge is 2.21. The number of methoxy groups -OCH3 is 1. The van der Waals surface area contributed by atoms with Gasteiger partial charge in [0, 0.05) is 32.5 Å². The van der Waals surface area contributed by atoms with Crippen molar-refractivity contribution in [3.63, 3.8) is 0 Å². The van der Waals surface area contributed by atoms with Crippen LogP contribution in [0.25, 0.3) is 22.6 Å². The molecule has 0 aliphatic rings. The molecule has 0 fully saturated rings. The van der Waals surface area contributed by atoms with Crippen molar-refractivity contribution in [1.29, 1.82) is 0 Å². The Morgan fingerprint density at radius 3 is 2.50 bits per heavy atom. The van der Waals surface area contributed by atoms with Gasteiger partial charge in [-0.05, 0) is 48.5 Å². The molecule has 36 heavy (non-hydrogen) atoms. The van der Waals surface area contributed by atoms with Crippen LogP contribution in [0.15, 0.2) is 60.8 Å². The molecule has 4 rings (SSSR count). The van der Waals surface area contributed by atoms with Gasteiger partial charge in [0.2, 0.25) is 0 Å². The largest absolute Gasteiger partial charge is 0.465 e. The molecule has 0 N–H and O–H groups in total. The standard InChI is InChI=1S/C27H29N3O5Si/c1-33-27(32)21-15-23-24(16-25(21)35-20-10-8-19(17-31)9-11-20)30(18-34-13-14-36(2,3)4)26(29-23)22-7-5-6-12-28-22/h5-12,15-17H,13-14,18H2,1-4H3. The van der Waals surface area contributed by atoms with E-state index in [1.165, 1.54) is 7.11 Å². The number of hydrogen-bond donors (Lipinski definition) is 0. The number of hydrogen-bond acceptors (Lipinski definition) is 7. The quantitative estimate of drug-likeness (QED) is 0.117. The van der Waals surface area contributed by atoms with Crippen molar-refractivity contribution in [3.8, 4) is 23.0 Å². The van der Waals surface area contributed by atoms with E-state index >= 15 is 0 Å². The number of aldehydes is 1. The number of aromatic nitrogens is 3. The van der Waals surface area contributed by atoms with Crippen LogP contribution in [-0.4, -0.2) is 48.6 Å². The van der Waals surface area contributed by atoms with Gasteiger partial charge < -0.3 is 14.2 Å². The van der Waals surface area contributed by atoms with Gasteiger partial charge >= 0.3 is 5.97 Å². The van der Waals surface area contributed by atoms with Crippen LogP contribution in [0.4, 0.5) is 0 Å². The molecule has 0 unspecified atom stereocenters. The van der Waals surface area contributed by atoms with Crippen LogP contribution in [-0.2, 0) is 16.2 Å². The minimum Gasteiger partial charge on any atom is -0.465 e. The van der Waals surface area contributed by atoms with Crippen molar-refractivity contribution >= 4 is 31.4 Å². The summed E-state index contributed by atoms with van der Waals surface area (Å²) in [5, 5.41) is 0. The number of esters is 1. The average Bonchev–Trinajstić information content (AvgIpc) is 3.23. The van der Waals surface area contributed by atoms with Gasteiger partial charge in [-0.2, -0.15) is 0 Å². The molecule has 0 saturated heterocycles. The Kier molecular flexibility index (Phi) is 7.61. The second-order valence-electron chi connectivity index (χ2n) is 9.54. The summed E-state index contributed by atoms with van der Waals surface area (Å²) in [7, 11) is 0.0696. The lowest BCUT2D eigenvalue weighted by Crippen LogP contribution is -2.22. The normalized spacial score (nSPS) is 11.4. The predicted octanol–water partition coefficient (Wildman–Crippen LogP) is 5.80. The van der Waals surface area contributed by atoms with Crippen LogP contribution in [0, 0.1) is 0 Å². The van der Waals surface area contributed by atoms with E-state index in [0.29, 0.717) is 40.7 Å². The van der Waals surface area contributed by atoms with Crippen LogP contribution in [0.5, 0.6) is 11.5 Å². The number of benzene rings is 2. The first kappa shape index (κ1) is 25.3. The topological polar surface area (TPSA) is 92.5 Å². The molecule has 9 heteroatoms. The molecule has 2 aromatic heterocycles. The van der Waals surface area contributed by atoms with E-state index in [-0.39, 0.29) is 12.3 Å². The first-order chi connectivity index (χ1) is 17.3. The van der Waals surface area contributed by atoms with Crippen LogP contribution >= 0.6 is 0 Å². The molecule has 0 aliphatic carbocycles. The summed E-state index contributed by atoms with van der Waals surface area (Å²) in [5.74, 6) is 0.871. The van der Waals surface area contributed by atoms with E-state index < -0.39 is 14.0 Å². The zero-order chi connectivity index (χ0) is 25.7. The van der Waals surface area contributed by atoms with Crippen molar-refractivity contribution in [2.45, 2.75) is 32.4 Å². The summed E-state index contributed by atoms with van der Waals surface area (Å²) in [5.41, 5.74) is 2.78. The number of nitrogens with zero attached hydrogens (tertiary/aromatic N) is 3. The molecule has 0 spiro atoms. The number of carbonyl (C=O) groups excluding carboxylic acids is 2. The smallest absolute Gasteiger partial charge is 0.341 e. The number of fused-ring (bicyclic) bond motifs is 1. The van der Waals surface area contributed by atoms with Crippen molar-refractivity contribution in [2.75, 3.05) is 13.7 Å². The molecule has 2 aromatic carbocycles. The predicted molar refractivity (Wildman–Crippen MR) is 140 cm³/mol. The summed E-state index contributed by atoms with van der Waals surface area (Å²) in [4.78, 5) is 32.9. The minimum absolute atomic E-state index is 0.237. The molecular weight excluding hydrogens is 474 g/mol. The van der Waals surface area contributed by atoms with E-state index in [1.54, 1.807) is 42.6 Å². The van der Waals surface area contributed by atoms with Gasteiger partial charge in [-0.15, -0.1) is 0 Å². The summed E-state index contributed by atoms with van der Waals surface area (Å²) >= 11 is 0. The highest BCUT2D eigenvalue weighted by atomic mass is 28.3. The number of rotatable bonds is 10. The highest BCUT2D eigenvalue weighted by Crippen LogP contribution is 2.33. The highest BCUT2D eigenvalue weighted by molar-refractivity contribution is 6.76. The van der Waals surface area contributed by atoms with Gasteiger partial charge in [-0.1, -0.05) is 25.7 Å². The Labute approximate surface area is 210 Å². The van der Waals surface area contributed by atoms with E-state index in [0.717, 1.165) is 17.8 Å². The number of pyridine rings is 1. The fourth-order valence-electron chi connectivity index (χ4n) is 3.60. The Morgan fingerprint density at radius 2 is 1.86 bits per heavy atom. The first-order valence-electron chi connectivity index (χ1n) is 11.6. The lowest BCUT2D eigenvalue weighted by Gasteiger charge is -2.16. The van der Waals surface area contributed by atoms with E-state index in [9.17, 15) is 9.59 Å². The summed E-state index contributed by atoms with van der Waals surface area (Å²) < 4.78 is 19.1. The van der Waals surface area contributed by atoms with Crippen molar-refractivity contribution < 1.29 is 23.8 Å². The third kappa shape index (κ3) is 5.87. The Morgan fingerprint density at radius 1 is 1.08 bits per heavy atom. The maximum absolute atomic E-state index is 12.6. The molecule has 186 valence electrons. The molecule has 8 nitrogen and oxygen atoms in total. The second-order valence-corrected chi connectivity index (χ2v) is 15.2. The van der Waals surface area contributed by atoms with Gasteiger partial charge in [-0.25, -0.2) is 9.78 Å². The van der Waals surface area contributed by atoms with Crippen molar-refractivity contribution in [1.82, 2.24) is 14.5 Å². The molecule has 2 heterocycles. The molecule has 0 radical (unpaired) electrons. The lowest BCUT2D eigenvalue weighted by atomic mass is 10.1. The number of imidazole rings is 1. The third-order valence-electron chi connectivity index (χ3n) is 5.61. The maximum atomic E-state index is 12.6. The van der Waals surface area contributed by atoms with Gasteiger partial charge in [0.1, 0.15) is 35.8 Å². The van der Waals surface area contributed by atoms with Crippen LogP contribution in [0.3, 0.4) is 0 Å². The van der Waals surface area contributed by atoms with Crippen molar-refractivity contribution in [3.05, 3.63) is 71.9 Å². The Hall–Kier alpha value is -3.82. The third-order valence-corrected chi connectivity index (χ3v) is 7.31. The van der Waals surface area contributed by atoms with Gasteiger partial charge in [-0.3, -0.25) is 14.3 Å². The molecule has 0 aliphatic heterocycles. The molecule has 0 amide bonds. The van der Waals surface area contributed by atoms with Crippen LogP contribution < -0.4 is 4.74 Å². The second kappa shape index (κ2) is 10.8. The lowest BCUT2D eigenvalue weighted by molar-refractivity contribution is 0.0598. The van der Waals surface area contributed by atoms with E-state index in [4.69, 9.17) is 19.2 Å². The monoisotopic (exact) mass is 503 g/mol. The van der Waals surface area contributed by atoms with Crippen molar-refractivity contribution in [2.24, 2.45) is 0 Å². The Balaban J connectivity index is 1.79. The van der Waals surface area contributed by atoms with Crippen LogP contribution in [0.1, 0.15) is 20.7 Å². The summed E-state index contributed by atoms with van der Waals surface area (Å²) in [6, 6.07) is 16.7. The average molecular weight is 504 g/mol. The zero-order valence-corrected chi connectivity index (χ0v) is 21.9. The van der Waals surface area contributed by atoms with E-state index in [2.05, 4.69) is 24.6 Å². The molecule has 0 saturated carbocycles. The van der Waals surface area contributed by atoms with E-state index in [1.807, 2.05) is 22.8 Å². The summed E-state index contributed by atoms with van der Waals surface area (Å²) in [6.45, 7) is 7.84. The number of carbonyl (C=O) groups is 2. The SMILES string of the molecule is COC(=O)c1cc2nc(-c3ccccn3)n(COCC[Si](C)(C)C)c2cc1Oc1ccc(C=O)cc1. The first-order valence-corrected chi connectivity index (χ1v) is 15.3. The minimum atomic E-state index is -1.25. The maximum Gasteiger partial charge on any atom is 0.341 e. The Bertz CT molecular complexity index is 1360. The van der Waals surface area contributed by atoms with Crippen LogP contribution in [0.2, 0.25) is 25.7 Å². The van der Waals surface area contributed by atoms with Gasteiger partial charge in [0.05, 0.1) is 18.1 Å². The van der Waals surface area contributed by atoms with Gasteiger partial charge in [0.25, 0.3) is 0 Å². The molecule has 4 aromatic rings. The molecule has 0 bridgehead atoms. The molecule has 0 atom stereocenters. The molecular formula is C27H29N3O5Si. The number of ether oxygens (including phenoxy) is 3. The fraction of sp³-hybridized carbons (Fsp3) is 0.259.